The molecule has 0 atom stereocenters. The van der Waals surface area contributed by atoms with Crippen molar-refractivity contribution in [1.82, 2.24) is 0 Å². The Morgan fingerprint density at radius 2 is 2.00 bits per heavy atom. The average Bonchev–Trinajstić information content (AvgIpc) is 2.38. The molecule has 2 aromatic rings. The molecular weight excluding hydrogens is 330 g/mol. The van der Waals surface area contributed by atoms with Gasteiger partial charge >= 0.3 is 0 Å². The van der Waals surface area contributed by atoms with E-state index < -0.39 is 5.91 Å². The van der Waals surface area contributed by atoms with Crippen molar-refractivity contribution in [1.29, 1.82) is 0 Å². The first-order valence-corrected chi connectivity index (χ1v) is 6.70. The molecule has 0 aliphatic rings. The summed E-state index contributed by atoms with van der Waals surface area (Å²) in [6.45, 7) is 0.321. The summed E-state index contributed by atoms with van der Waals surface area (Å²) in [6, 6.07) is 12.3. The Hall–Kier alpha value is -1.52. The summed E-state index contributed by atoms with van der Waals surface area (Å²) >= 11 is 9.28. The lowest BCUT2D eigenvalue weighted by Crippen LogP contribution is -2.12. The Morgan fingerprint density at radius 3 is 2.68 bits per heavy atom. The highest BCUT2D eigenvalue weighted by atomic mass is 79.9. The van der Waals surface area contributed by atoms with Crippen LogP contribution in [0, 0.1) is 0 Å². The van der Waals surface area contributed by atoms with E-state index in [1.165, 1.54) is 0 Å². The number of hydrogen-bond donors (Lipinski definition) is 1. The minimum absolute atomic E-state index is 0.321. The number of hydrogen-bond acceptors (Lipinski definition) is 2. The minimum atomic E-state index is -0.509. The van der Waals surface area contributed by atoms with Crippen molar-refractivity contribution < 1.29 is 9.53 Å². The number of ether oxygens (including phenoxy) is 1. The van der Waals surface area contributed by atoms with Gasteiger partial charge in [0.05, 0.1) is 5.56 Å². The second-order valence-corrected chi connectivity index (χ2v) is 5.18. The Labute approximate surface area is 124 Å². The van der Waals surface area contributed by atoms with E-state index >= 15 is 0 Å². The average molecular weight is 341 g/mol. The third-order valence-electron chi connectivity index (χ3n) is 2.55. The molecular formula is C14H11BrClNO2. The number of carbonyl (C=O) groups is 1. The number of amides is 1. The van der Waals surface area contributed by atoms with Crippen molar-refractivity contribution in [2.24, 2.45) is 5.73 Å². The van der Waals surface area contributed by atoms with Crippen LogP contribution in [0.5, 0.6) is 5.75 Å². The molecule has 0 heterocycles. The molecule has 0 bridgehead atoms. The van der Waals surface area contributed by atoms with Gasteiger partial charge in [-0.2, -0.15) is 0 Å². The highest BCUT2D eigenvalue weighted by molar-refractivity contribution is 9.10. The monoisotopic (exact) mass is 339 g/mol. The van der Waals surface area contributed by atoms with Crippen LogP contribution < -0.4 is 10.5 Å². The standard InChI is InChI=1S/C14H11BrClNO2/c15-12-7-10(16)6-5-9(12)8-19-13-4-2-1-3-11(13)14(17)18/h1-7H,8H2,(H2,17,18). The van der Waals surface area contributed by atoms with Gasteiger partial charge in [-0.1, -0.05) is 45.7 Å². The van der Waals surface area contributed by atoms with Gasteiger partial charge in [0.15, 0.2) is 0 Å². The molecule has 2 rings (SSSR count). The largest absolute Gasteiger partial charge is 0.488 e. The number of benzene rings is 2. The van der Waals surface area contributed by atoms with Crippen molar-refractivity contribution >= 4 is 33.4 Å². The van der Waals surface area contributed by atoms with Crippen LogP contribution in [0.3, 0.4) is 0 Å². The van der Waals surface area contributed by atoms with Crippen LogP contribution in [0.1, 0.15) is 15.9 Å². The summed E-state index contributed by atoms with van der Waals surface area (Å²) in [5.41, 5.74) is 6.59. The highest BCUT2D eigenvalue weighted by Crippen LogP contribution is 2.24. The Bertz CT molecular complexity index is 616. The van der Waals surface area contributed by atoms with Gasteiger partial charge in [-0.15, -0.1) is 0 Å². The number of carbonyl (C=O) groups excluding carboxylic acids is 1. The second kappa shape index (κ2) is 6.08. The van der Waals surface area contributed by atoms with E-state index in [1.54, 1.807) is 36.4 Å². The molecule has 0 aromatic heterocycles. The first-order chi connectivity index (χ1) is 9.08. The molecule has 0 radical (unpaired) electrons. The molecule has 0 aliphatic heterocycles. The Kier molecular flexibility index (Phi) is 4.45. The van der Waals surface area contributed by atoms with E-state index in [4.69, 9.17) is 22.1 Å². The van der Waals surface area contributed by atoms with Crippen molar-refractivity contribution in [3.05, 3.63) is 63.1 Å². The van der Waals surface area contributed by atoms with Crippen molar-refractivity contribution in [3.63, 3.8) is 0 Å². The van der Waals surface area contributed by atoms with E-state index in [1.807, 2.05) is 6.07 Å². The smallest absolute Gasteiger partial charge is 0.252 e. The molecule has 0 saturated carbocycles. The van der Waals surface area contributed by atoms with Crippen molar-refractivity contribution in [2.75, 3.05) is 0 Å². The zero-order valence-corrected chi connectivity index (χ0v) is 12.2. The molecule has 1 amide bonds. The van der Waals surface area contributed by atoms with Gasteiger partial charge in [-0.25, -0.2) is 0 Å². The maximum Gasteiger partial charge on any atom is 0.252 e. The molecule has 3 nitrogen and oxygen atoms in total. The predicted octanol–water partition coefficient (Wildman–Crippen LogP) is 3.78. The van der Waals surface area contributed by atoms with Gasteiger partial charge in [0, 0.05) is 15.1 Å². The van der Waals surface area contributed by atoms with E-state index in [2.05, 4.69) is 15.9 Å². The first kappa shape index (κ1) is 13.9. The van der Waals surface area contributed by atoms with Crippen LogP contribution in [0.25, 0.3) is 0 Å². The van der Waals surface area contributed by atoms with Crippen LogP contribution >= 0.6 is 27.5 Å². The maximum absolute atomic E-state index is 11.3. The lowest BCUT2D eigenvalue weighted by Gasteiger charge is -2.10. The van der Waals surface area contributed by atoms with Gasteiger partial charge < -0.3 is 10.5 Å². The minimum Gasteiger partial charge on any atom is -0.488 e. The van der Waals surface area contributed by atoms with Crippen LogP contribution in [0.4, 0.5) is 0 Å². The van der Waals surface area contributed by atoms with Crippen molar-refractivity contribution in [2.45, 2.75) is 6.61 Å². The summed E-state index contributed by atoms with van der Waals surface area (Å²) in [7, 11) is 0. The maximum atomic E-state index is 11.3. The van der Waals surface area contributed by atoms with Crippen LogP contribution in [-0.2, 0) is 6.61 Å². The zero-order valence-electron chi connectivity index (χ0n) is 9.90. The third kappa shape index (κ3) is 3.49. The number of nitrogens with two attached hydrogens (primary N) is 1. The fourth-order valence-corrected chi connectivity index (χ4v) is 2.39. The summed E-state index contributed by atoms with van der Waals surface area (Å²) in [5.74, 6) is -0.0392. The summed E-state index contributed by atoms with van der Waals surface area (Å²) in [6.07, 6.45) is 0. The van der Waals surface area contributed by atoms with Crippen LogP contribution in [0.2, 0.25) is 5.02 Å². The lowest BCUT2D eigenvalue weighted by atomic mass is 10.2. The summed E-state index contributed by atoms with van der Waals surface area (Å²) in [5, 5.41) is 0.646. The number of para-hydroxylation sites is 1. The molecule has 0 unspecified atom stereocenters. The quantitative estimate of drug-likeness (QED) is 0.921. The van der Waals surface area contributed by atoms with Crippen LogP contribution in [0.15, 0.2) is 46.9 Å². The van der Waals surface area contributed by atoms with Gasteiger partial charge in [-0.05, 0) is 24.3 Å². The predicted molar refractivity (Wildman–Crippen MR) is 78.4 cm³/mol. The molecule has 2 aromatic carbocycles. The Balaban J connectivity index is 2.17. The van der Waals surface area contributed by atoms with Gasteiger partial charge in [0.2, 0.25) is 0 Å². The highest BCUT2D eigenvalue weighted by Gasteiger charge is 2.09. The molecule has 5 heteroatoms. The fourth-order valence-electron chi connectivity index (χ4n) is 1.59. The third-order valence-corrected chi connectivity index (χ3v) is 3.52. The van der Waals surface area contributed by atoms with E-state index in [-0.39, 0.29) is 0 Å². The fraction of sp³-hybridized carbons (Fsp3) is 0.0714. The Morgan fingerprint density at radius 1 is 1.26 bits per heavy atom. The summed E-state index contributed by atoms with van der Waals surface area (Å²) < 4.78 is 6.49. The van der Waals surface area contributed by atoms with Gasteiger partial charge in [-0.3, -0.25) is 4.79 Å². The van der Waals surface area contributed by atoms with Crippen LogP contribution in [-0.4, -0.2) is 5.91 Å². The number of rotatable bonds is 4. The molecule has 2 N–H and O–H groups in total. The van der Waals surface area contributed by atoms with E-state index in [0.717, 1.165) is 10.0 Å². The zero-order chi connectivity index (χ0) is 13.8. The first-order valence-electron chi connectivity index (χ1n) is 5.53. The van der Waals surface area contributed by atoms with E-state index in [0.29, 0.717) is 22.9 Å². The number of primary amides is 1. The SMILES string of the molecule is NC(=O)c1ccccc1OCc1ccc(Cl)cc1Br. The number of halogens is 2. The van der Waals surface area contributed by atoms with E-state index in [9.17, 15) is 4.79 Å². The molecule has 0 spiro atoms. The molecule has 0 aliphatic carbocycles. The molecule has 0 saturated heterocycles. The lowest BCUT2D eigenvalue weighted by molar-refractivity contribution is 0.0996. The second-order valence-electron chi connectivity index (χ2n) is 3.88. The van der Waals surface area contributed by atoms with Gasteiger partial charge in [0.25, 0.3) is 5.91 Å². The topological polar surface area (TPSA) is 52.3 Å². The summed E-state index contributed by atoms with van der Waals surface area (Å²) in [4.78, 5) is 11.3. The molecule has 98 valence electrons. The van der Waals surface area contributed by atoms with Gasteiger partial charge in [0.1, 0.15) is 12.4 Å². The molecule has 0 fully saturated rings. The van der Waals surface area contributed by atoms with Crippen molar-refractivity contribution in [3.8, 4) is 5.75 Å². The molecule has 19 heavy (non-hydrogen) atoms. The normalized spacial score (nSPS) is 10.2.